The van der Waals surface area contributed by atoms with Crippen molar-refractivity contribution in [3.63, 3.8) is 0 Å². The molecule has 2 aromatic rings. The Morgan fingerprint density at radius 1 is 1.41 bits per heavy atom. The second-order valence-electron chi connectivity index (χ2n) is 5.13. The van der Waals surface area contributed by atoms with Gasteiger partial charge in [0.25, 0.3) is 5.56 Å². The van der Waals surface area contributed by atoms with Crippen molar-refractivity contribution in [1.29, 1.82) is 0 Å². The number of aromatic amines is 1. The number of nitrogens with one attached hydrogen (secondary N) is 1. The van der Waals surface area contributed by atoms with Gasteiger partial charge in [0.15, 0.2) is 0 Å². The average molecular weight is 235 g/mol. The lowest BCUT2D eigenvalue weighted by Gasteiger charge is -2.13. The van der Waals surface area contributed by atoms with Crippen LogP contribution in [0.4, 0.5) is 0 Å². The second-order valence-corrected chi connectivity index (χ2v) is 5.13. The van der Waals surface area contributed by atoms with E-state index in [-0.39, 0.29) is 11.0 Å². The maximum absolute atomic E-state index is 11.5. The first kappa shape index (κ1) is 11.9. The molecule has 0 aliphatic carbocycles. The van der Waals surface area contributed by atoms with Crippen LogP contribution >= 0.6 is 0 Å². The number of H-pyrrole nitrogens is 1. The molecule has 0 saturated carbocycles. The zero-order valence-corrected chi connectivity index (χ0v) is 10.6. The zero-order valence-electron chi connectivity index (χ0n) is 10.6. The minimum atomic E-state index is -0.134. The lowest BCUT2D eigenvalue weighted by Crippen LogP contribution is -2.14. The number of hydrogen-bond acceptors (Lipinski definition) is 3. The Bertz CT molecular complexity index is 590. The number of ether oxygens (including phenoxy) is 1. The Kier molecular flexibility index (Phi) is 2.79. The van der Waals surface area contributed by atoms with E-state index < -0.39 is 0 Å². The average Bonchev–Trinajstić information content (AvgIpc) is 2.61. The van der Waals surface area contributed by atoms with E-state index in [2.05, 4.69) is 30.9 Å². The first-order chi connectivity index (χ1) is 7.91. The molecule has 2 aromatic heterocycles. The fraction of sp³-hybridized carbons (Fsp3) is 0.500. The van der Waals surface area contributed by atoms with Crippen molar-refractivity contribution < 1.29 is 4.74 Å². The van der Waals surface area contributed by atoms with Crippen molar-refractivity contribution in [3.8, 4) is 0 Å². The third-order valence-electron chi connectivity index (χ3n) is 2.59. The molecular formula is C12H17N3O2. The smallest absolute Gasteiger partial charge is 0.251 e. The van der Waals surface area contributed by atoms with Crippen LogP contribution in [0.3, 0.4) is 0 Å². The Morgan fingerprint density at radius 3 is 2.71 bits per heavy atom. The molecule has 0 unspecified atom stereocenters. The number of aromatic nitrogens is 3. The summed E-state index contributed by atoms with van der Waals surface area (Å²) in [6.45, 7) is 6.63. The molecule has 0 spiro atoms. The molecule has 2 rings (SSSR count). The molecule has 0 radical (unpaired) electrons. The number of nitrogens with zero attached hydrogens (tertiary/aromatic N) is 2. The first-order valence-corrected chi connectivity index (χ1v) is 5.53. The third-order valence-corrected chi connectivity index (χ3v) is 2.59. The zero-order chi connectivity index (χ0) is 12.6. The van der Waals surface area contributed by atoms with Crippen LogP contribution in [0, 0.1) is 0 Å². The Hall–Kier alpha value is -1.62. The molecule has 1 N–H and O–H groups in total. The number of fused-ring (bicyclic) bond motifs is 1. The van der Waals surface area contributed by atoms with Gasteiger partial charge >= 0.3 is 0 Å². The summed E-state index contributed by atoms with van der Waals surface area (Å²) in [5.74, 6) is 0. The van der Waals surface area contributed by atoms with E-state index in [1.54, 1.807) is 11.6 Å². The van der Waals surface area contributed by atoms with Crippen molar-refractivity contribution in [1.82, 2.24) is 14.6 Å². The van der Waals surface area contributed by atoms with Gasteiger partial charge < -0.3 is 9.72 Å². The largest absolute Gasteiger partial charge is 0.378 e. The summed E-state index contributed by atoms with van der Waals surface area (Å²) in [5.41, 5.74) is 2.21. The van der Waals surface area contributed by atoms with Gasteiger partial charge in [-0.2, -0.15) is 5.10 Å². The molecule has 0 aliphatic rings. The minimum Gasteiger partial charge on any atom is -0.378 e. The van der Waals surface area contributed by atoms with Crippen LogP contribution in [0.1, 0.15) is 32.2 Å². The van der Waals surface area contributed by atoms with Gasteiger partial charge in [-0.15, -0.1) is 0 Å². The second kappa shape index (κ2) is 4.00. The quantitative estimate of drug-likeness (QED) is 0.857. The van der Waals surface area contributed by atoms with Gasteiger partial charge in [-0.05, 0) is 0 Å². The predicted molar refractivity (Wildman–Crippen MR) is 65.2 cm³/mol. The SMILES string of the molecule is COCc1cc(=O)[nH]c2cc(C(C)(C)C)nn12. The predicted octanol–water partition coefficient (Wildman–Crippen LogP) is 1.47. The summed E-state index contributed by atoms with van der Waals surface area (Å²) in [7, 11) is 1.60. The van der Waals surface area contributed by atoms with Gasteiger partial charge in [0.2, 0.25) is 0 Å². The van der Waals surface area contributed by atoms with Crippen molar-refractivity contribution in [3.05, 3.63) is 33.9 Å². The third kappa shape index (κ3) is 2.24. The minimum absolute atomic E-state index is 0.0484. The molecule has 0 aromatic carbocycles. The molecule has 2 heterocycles. The molecule has 92 valence electrons. The summed E-state index contributed by atoms with van der Waals surface area (Å²) in [6, 6.07) is 3.41. The molecule has 5 heteroatoms. The van der Waals surface area contributed by atoms with E-state index in [0.717, 1.165) is 11.4 Å². The fourth-order valence-electron chi connectivity index (χ4n) is 1.68. The van der Waals surface area contributed by atoms with E-state index in [1.165, 1.54) is 6.07 Å². The molecule has 0 fully saturated rings. The Morgan fingerprint density at radius 2 is 2.12 bits per heavy atom. The number of methoxy groups -OCH3 is 1. The monoisotopic (exact) mass is 235 g/mol. The molecule has 17 heavy (non-hydrogen) atoms. The molecular weight excluding hydrogens is 218 g/mol. The normalized spacial score (nSPS) is 12.2. The van der Waals surface area contributed by atoms with Gasteiger partial charge in [-0.25, -0.2) is 4.52 Å². The summed E-state index contributed by atoms with van der Waals surface area (Å²) in [6.07, 6.45) is 0. The molecule has 0 bridgehead atoms. The van der Waals surface area contributed by atoms with E-state index in [4.69, 9.17) is 4.74 Å². The highest BCUT2D eigenvalue weighted by Gasteiger charge is 2.19. The highest BCUT2D eigenvalue weighted by Crippen LogP contribution is 2.21. The van der Waals surface area contributed by atoms with Gasteiger partial charge in [0.1, 0.15) is 5.65 Å². The van der Waals surface area contributed by atoms with Crippen LogP contribution in [-0.2, 0) is 16.8 Å². The van der Waals surface area contributed by atoms with Gasteiger partial charge in [-0.1, -0.05) is 20.8 Å². The topological polar surface area (TPSA) is 59.4 Å². The van der Waals surface area contributed by atoms with E-state index >= 15 is 0 Å². The van der Waals surface area contributed by atoms with Crippen molar-refractivity contribution in [2.45, 2.75) is 32.8 Å². The molecule has 0 amide bonds. The molecule has 5 nitrogen and oxygen atoms in total. The molecule has 0 atom stereocenters. The lowest BCUT2D eigenvalue weighted by atomic mass is 9.93. The maximum Gasteiger partial charge on any atom is 0.251 e. The highest BCUT2D eigenvalue weighted by atomic mass is 16.5. The Labute approximate surface area is 99.4 Å². The van der Waals surface area contributed by atoms with Crippen molar-refractivity contribution in [2.75, 3.05) is 7.11 Å². The van der Waals surface area contributed by atoms with Crippen LogP contribution in [-0.4, -0.2) is 21.7 Å². The van der Waals surface area contributed by atoms with Crippen molar-refractivity contribution in [2.24, 2.45) is 0 Å². The maximum atomic E-state index is 11.5. The summed E-state index contributed by atoms with van der Waals surface area (Å²) in [4.78, 5) is 14.3. The fourth-order valence-corrected chi connectivity index (χ4v) is 1.68. The number of hydrogen-bond donors (Lipinski definition) is 1. The highest BCUT2D eigenvalue weighted by molar-refractivity contribution is 5.41. The van der Waals surface area contributed by atoms with Crippen LogP contribution in [0.2, 0.25) is 0 Å². The van der Waals surface area contributed by atoms with Crippen LogP contribution < -0.4 is 5.56 Å². The van der Waals surface area contributed by atoms with Crippen molar-refractivity contribution >= 4 is 5.65 Å². The Balaban J connectivity index is 2.67. The first-order valence-electron chi connectivity index (χ1n) is 5.53. The van der Waals surface area contributed by atoms with Gasteiger partial charge in [0, 0.05) is 24.7 Å². The van der Waals surface area contributed by atoms with Gasteiger partial charge in [0.05, 0.1) is 18.0 Å². The van der Waals surface area contributed by atoms with E-state index in [1.807, 2.05) is 6.07 Å². The standard InChI is InChI=1S/C12H17N3O2/c1-12(2,3)9-6-10-13-11(16)5-8(7-17-4)15(10)14-9/h5-6H,7H2,1-4H3,(H,13,16). The summed E-state index contributed by atoms with van der Waals surface area (Å²) < 4.78 is 6.80. The van der Waals surface area contributed by atoms with E-state index in [9.17, 15) is 4.79 Å². The van der Waals surface area contributed by atoms with Gasteiger partial charge in [-0.3, -0.25) is 4.79 Å². The van der Waals surface area contributed by atoms with Crippen LogP contribution in [0.15, 0.2) is 16.9 Å². The van der Waals surface area contributed by atoms with Crippen LogP contribution in [0.5, 0.6) is 0 Å². The van der Waals surface area contributed by atoms with Crippen LogP contribution in [0.25, 0.3) is 5.65 Å². The summed E-state index contributed by atoms with van der Waals surface area (Å²) >= 11 is 0. The molecule has 0 aliphatic heterocycles. The number of rotatable bonds is 2. The lowest BCUT2D eigenvalue weighted by molar-refractivity contribution is 0.179. The molecule has 0 saturated heterocycles. The van der Waals surface area contributed by atoms with E-state index in [0.29, 0.717) is 12.3 Å². The summed E-state index contributed by atoms with van der Waals surface area (Å²) in [5, 5.41) is 4.51.